The highest BCUT2D eigenvalue weighted by Gasteiger charge is 2.11. The Morgan fingerprint density at radius 3 is 2.67 bits per heavy atom. The molecule has 0 unspecified atom stereocenters. The van der Waals surface area contributed by atoms with Gasteiger partial charge in [-0.15, -0.1) is 0 Å². The number of rotatable bonds is 3. The van der Waals surface area contributed by atoms with Gasteiger partial charge in [0.2, 0.25) is 0 Å². The molecule has 0 saturated carbocycles. The van der Waals surface area contributed by atoms with Gasteiger partial charge in [-0.1, -0.05) is 0 Å². The van der Waals surface area contributed by atoms with E-state index in [9.17, 15) is 4.79 Å². The van der Waals surface area contributed by atoms with Crippen molar-refractivity contribution >= 4 is 12.2 Å². The van der Waals surface area contributed by atoms with Gasteiger partial charge in [0.1, 0.15) is 11.3 Å². The number of hydrazone groups is 1. The lowest BCUT2D eigenvalue weighted by atomic mass is 10.2. The van der Waals surface area contributed by atoms with Crippen LogP contribution in [0.3, 0.4) is 0 Å². The molecule has 0 heterocycles. The number of carbonyl (C=O) groups is 1. The maximum Gasteiger partial charge on any atom is 0.343 e. The summed E-state index contributed by atoms with van der Waals surface area (Å²) in [4.78, 5) is 11.0. The summed E-state index contributed by atoms with van der Waals surface area (Å²) in [5.74, 6) is 4.02. The Bertz CT molecular complexity index is 217. The SMILES string of the molecule is CCOC(=O)C(C=NN)=C(C)O. The Morgan fingerprint density at radius 1 is 1.75 bits per heavy atom. The monoisotopic (exact) mass is 172 g/mol. The average molecular weight is 172 g/mol. The fraction of sp³-hybridized carbons (Fsp3) is 0.429. The number of allylic oxidation sites excluding steroid dienone is 1. The molecule has 0 rings (SSSR count). The first kappa shape index (κ1) is 10.5. The quantitative estimate of drug-likeness (QED) is 0.160. The molecule has 0 amide bonds. The van der Waals surface area contributed by atoms with Crippen LogP contribution in [-0.2, 0) is 9.53 Å². The molecule has 0 aliphatic rings. The van der Waals surface area contributed by atoms with Crippen LogP contribution < -0.4 is 5.84 Å². The van der Waals surface area contributed by atoms with Crippen LogP contribution in [0.2, 0.25) is 0 Å². The molecule has 0 aromatic carbocycles. The first-order valence-corrected chi connectivity index (χ1v) is 3.43. The molecule has 0 aliphatic heterocycles. The van der Waals surface area contributed by atoms with E-state index in [-0.39, 0.29) is 17.9 Å². The standard InChI is InChI=1S/C7H12N2O3/c1-3-12-7(11)6(4-9-8)5(2)10/h4,10H,3,8H2,1-2H3. The fourth-order valence-corrected chi connectivity index (χ4v) is 0.577. The van der Waals surface area contributed by atoms with Crippen LogP contribution in [0.15, 0.2) is 16.4 Å². The number of aliphatic hydroxyl groups excluding tert-OH is 1. The molecule has 0 aromatic rings. The number of hydrogen-bond acceptors (Lipinski definition) is 5. The minimum absolute atomic E-state index is 0.0284. The van der Waals surface area contributed by atoms with Crippen molar-refractivity contribution in [2.24, 2.45) is 10.9 Å². The van der Waals surface area contributed by atoms with Crippen LogP contribution in [0.5, 0.6) is 0 Å². The zero-order chi connectivity index (χ0) is 9.56. The molecular weight excluding hydrogens is 160 g/mol. The van der Waals surface area contributed by atoms with E-state index in [1.165, 1.54) is 6.92 Å². The minimum atomic E-state index is -0.633. The number of esters is 1. The number of aliphatic hydroxyl groups is 1. The molecule has 0 atom stereocenters. The summed E-state index contributed by atoms with van der Waals surface area (Å²) >= 11 is 0. The molecule has 12 heavy (non-hydrogen) atoms. The van der Waals surface area contributed by atoms with Crippen molar-refractivity contribution in [1.29, 1.82) is 0 Å². The lowest BCUT2D eigenvalue weighted by molar-refractivity contribution is -0.138. The lowest BCUT2D eigenvalue weighted by Crippen LogP contribution is -2.11. The molecule has 3 N–H and O–H groups in total. The van der Waals surface area contributed by atoms with E-state index in [2.05, 4.69) is 9.84 Å². The van der Waals surface area contributed by atoms with E-state index in [4.69, 9.17) is 10.9 Å². The third-order valence-electron chi connectivity index (χ3n) is 1.09. The number of hydrogen-bond donors (Lipinski definition) is 2. The first-order valence-electron chi connectivity index (χ1n) is 3.43. The van der Waals surface area contributed by atoms with Gasteiger partial charge >= 0.3 is 5.97 Å². The molecule has 0 bridgehead atoms. The molecular formula is C7H12N2O3. The van der Waals surface area contributed by atoms with Crippen molar-refractivity contribution in [3.05, 3.63) is 11.3 Å². The van der Waals surface area contributed by atoms with Crippen LogP contribution in [-0.4, -0.2) is 23.9 Å². The largest absolute Gasteiger partial charge is 0.512 e. The van der Waals surface area contributed by atoms with Gasteiger partial charge in [0.25, 0.3) is 0 Å². The molecule has 0 saturated heterocycles. The van der Waals surface area contributed by atoms with Gasteiger partial charge in [0.15, 0.2) is 0 Å². The molecule has 0 fully saturated rings. The molecule has 0 radical (unpaired) electrons. The molecule has 0 aromatic heterocycles. The van der Waals surface area contributed by atoms with Crippen LogP contribution in [0.25, 0.3) is 0 Å². The third-order valence-corrected chi connectivity index (χ3v) is 1.09. The van der Waals surface area contributed by atoms with Crippen molar-refractivity contribution in [2.75, 3.05) is 6.61 Å². The second-order valence-electron chi connectivity index (χ2n) is 2.00. The van der Waals surface area contributed by atoms with Crippen molar-refractivity contribution in [3.63, 3.8) is 0 Å². The minimum Gasteiger partial charge on any atom is -0.512 e. The topological polar surface area (TPSA) is 84.9 Å². The Balaban J connectivity index is 4.54. The molecule has 5 nitrogen and oxygen atoms in total. The fourth-order valence-electron chi connectivity index (χ4n) is 0.577. The maximum atomic E-state index is 11.0. The number of nitrogens with two attached hydrogens (primary N) is 1. The highest BCUT2D eigenvalue weighted by Crippen LogP contribution is 2.00. The van der Waals surface area contributed by atoms with Gasteiger partial charge in [-0.3, -0.25) is 0 Å². The molecule has 0 spiro atoms. The molecule has 5 heteroatoms. The highest BCUT2D eigenvalue weighted by molar-refractivity contribution is 6.09. The summed E-state index contributed by atoms with van der Waals surface area (Å²) < 4.78 is 4.61. The van der Waals surface area contributed by atoms with Gasteiger partial charge < -0.3 is 15.7 Å². The lowest BCUT2D eigenvalue weighted by Gasteiger charge is -2.01. The van der Waals surface area contributed by atoms with Crippen molar-refractivity contribution in [3.8, 4) is 0 Å². The van der Waals surface area contributed by atoms with Crippen LogP contribution in [0.4, 0.5) is 0 Å². The Morgan fingerprint density at radius 2 is 2.33 bits per heavy atom. The normalized spacial score (nSPS) is 12.8. The van der Waals surface area contributed by atoms with Gasteiger partial charge in [0, 0.05) is 0 Å². The summed E-state index contributed by atoms with van der Waals surface area (Å²) in [6, 6.07) is 0. The zero-order valence-electron chi connectivity index (χ0n) is 7.07. The first-order chi connectivity index (χ1) is 5.63. The Kier molecular flexibility index (Phi) is 4.52. The predicted molar refractivity (Wildman–Crippen MR) is 44.6 cm³/mol. The van der Waals surface area contributed by atoms with Crippen molar-refractivity contribution in [2.45, 2.75) is 13.8 Å². The maximum absolute atomic E-state index is 11.0. The summed E-state index contributed by atoms with van der Waals surface area (Å²) in [6.07, 6.45) is 1.05. The van der Waals surface area contributed by atoms with E-state index < -0.39 is 5.97 Å². The Labute approximate surface area is 70.5 Å². The highest BCUT2D eigenvalue weighted by atomic mass is 16.5. The molecule has 0 aliphatic carbocycles. The van der Waals surface area contributed by atoms with Crippen LogP contribution in [0.1, 0.15) is 13.8 Å². The second kappa shape index (κ2) is 5.17. The van der Waals surface area contributed by atoms with E-state index in [1.807, 2.05) is 0 Å². The van der Waals surface area contributed by atoms with E-state index in [1.54, 1.807) is 6.92 Å². The van der Waals surface area contributed by atoms with Gasteiger partial charge in [-0.05, 0) is 13.8 Å². The predicted octanol–water partition coefficient (Wildman–Crippen LogP) is 0.326. The number of nitrogens with zero attached hydrogens (tertiary/aromatic N) is 1. The van der Waals surface area contributed by atoms with E-state index in [0.29, 0.717) is 0 Å². The van der Waals surface area contributed by atoms with Crippen molar-refractivity contribution < 1.29 is 14.6 Å². The summed E-state index contributed by atoms with van der Waals surface area (Å²) in [5, 5.41) is 12.1. The summed E-state index contributed by atoms with van der Waals surface area (Å²) in [5.41, 5.74) is -0.0284. The number of ether oxygens (including phenoxy) is 1. The summed E-state index contributed by atoms with van der Waals surface area (Å²) in [7, 11) is 0. The Hall–Kier alpha value is -1.52. The van der Waals surface area contributed by atoms with Crippen LogP contribution >= 0.6 is 0 Å². The number of carbonyl (C=O) groups excluding carboxylic acids is 1. The average Bonchev–Trinajstić information content (AvgIpc) is 1.99. The molecule has 68 valence electrons. The van der Waals surface area contributed by atoms with Crippen LogP contribution in [0, 0.1) is 0 Å². The van der Waals surface area contributed by atoms with Gasteiger partial charge in [0.05, 0.1) is 12.8 Å². The van der Waals surface area contributed by atoms with Gasteiger partial charge in [-0.25, -0.2) is 4.79 Å². The van der Waals surface area contributed by atoms with Crippen molar-refractivity contribution in [1.82, 2.24) is 0 Å². The van der Waals surface area contributed by atoms with E-state index >= 15 is 0 Å². The van der Waals surface area contributed by atoms with E-state index in [0.717, 1.165) is 6.21 Å². The third kappa shape index (κ3) is 3.05. The zero-order valence-corrected chi connectivity index (χ0v) is 7.07. The summed E-state index contributed by atoms with van der Waals surface area (Å²) in [6.45, 7) is 3.27. The smallest absolute Gasteiger partial charge is 0.343 e. The second-order valence-corrected chi connectivity index (χ2v) is 2.00. The van der Waals surface area contributed by atoms with Gasteiger partial charge in [-0.2, -0.15) is 5.10 Å².